The van der Waals surface area contributed by atoms with Crippen LogP contribution in [0.25, 0.3) is 10.6 Å². The Morgan fingerprint density at radius 1 is 1.43 bits per heavy atom. The van der Waals surface area contributed by atoms with E-state index in [1.54, 1.807) is 33.3 Å². The van der Waals surface area contributed by atoms with Crippen LogP contribution in [-0.2, 0) is 18.3 Å². The van der Waals surface area contributed by atoms with Crippen LogP contribution in [0.4, 0.5) is 11.8 Å². The molecule has 0 saturated carbocycles. The number of rotatable bonds is 6. The first-order valence-electron chi connectivity index (χ1n) is 9.71. The lowest BCUT2D eigenvalue weighted by Crippen LogP contribution is -2.50. The highest BCUT2D eigenvalue weighted by molar-refractivity contribution is 7.15. The maximum Gasteiger partial charge on any atom is 0.255 e. The molecule has 1 unspecified atom stereocenters. The molecule has 1 aliphatic heterocycles. The van der Waals surface area contributed by atoms with Crippen LogP contribution in [0.2, 0.25) is 0 Å². The van der Waals surface area contributed by atoms with Crippen molar-refractivity contribution in [2.45, 2.75) is 32.7 Å². The molecule has 0 radical (unpaired) electrons. The number of fused-ring (bicyclic) bond motifs is 1. The van der Waals surface area contributed by atoms with Crippen molar-refractivity contribution in [3.05, 3.63) is 40.5 Å². The number of hydrogen-bond donors (Lipinski definition) is 2. The lowest BCUT2D eigenvalue weighted by molar-refractivity contribution is -0.122. The van der Waals surface area contributed by atoms with Crippen molar-refractivity contribution in [1.29, 1.82) is 0 Å². The molecule has 0 saturated heterocycles. The van der Waals surface area contributed by atoms with Gasteiger partial charge in [0.25, 0.3) is 5.91 Å². The third kappa shape index (κ3) is 3.54. The summed E-state index contributed by atoms with van der Waals surface area (Å²) in [7, 11) is 1.83. The van der Waals surface area contributed by atoms with Gasteiger partial charge in [-0.15, -0.1) is 11.3 Å². The van der Waals surface area contributed by atoms with Gasteiger partial charge in [0, 0.05) is 37.2 Å². The Labute approximate surface area is 177 Å². The van der Waals surface area contributed by atoms with Crippen LogP contribution in [0, 0.1) is 6.92 Å². The number of nitrogens with zero attached hydrogens (tertiary/aromatic N) is 5. The second-order valence-electron chi connectivity index (χ2n) is 7.21. The largest absolute Gasteiger partial charge is 0.368 e. The highest BCUT2D eigenvalue weighted by Crippen LogP contribution is 2.36. The summed E-state index contributed by atoms with van der Waals surface area (Å²) in [4.78, 5) is 37.3. The number of carbonyl (C=O) groups excluding carboxylic acids is 2. The predicted octanol–water partition coefficient (Wildman–Crippen LogP) is 2.25. The molecule has 9 nitrogen and oxygen atoms in total. The number of amides is 2. The summed E-state index contributed by atoms with van der Waals surface area (Å²) < 4.78 is 1.70. The molecule has 0 spiro atoms. The van der Waals surface area contributed by atoms with Crippen molar-refractivity contribution in [2.24, 2.45) is 12.8 Å². The average molecular weight is 426 g/mol. The molecule has 4 heterocycles. The van der Waals surface area contributed by atoms with Crippen LogP contribution in [-0.4, -0.2) is 49.0 Å². The maximum atomic E-state index is 13.0. The second-order valence-corrected chi connectivity index (χ2v) is 8.35. The van der Waals surface area contributed by atoms with Gasteiger partial charge in [-0.25, -0.2) is 9.97 Å². The quantitative estimate of drug-likeness (QED) is 0.625. The van der Waals surface area contributed by atoms with Crippen molar-refractivity contribution in [3.63, 3.8) is 0 Å². The Morgan fingerprint density at radius 3 is 2.90 bits per heavy atom. The lowest BCUT2D eigenvalue weighted by atomic mass is 10.0. The molecular weight excluding hydrogens is 402 g/mol. The Kier molecular flexibility index (Phi) is 5.25. The molecule has 1 aliphatic rings. The minimum atomic E-state index is -0.579. The van der Waals surface area contributed by atoms with E-state index in [2.05, 4.69) is 20.4 Å². The number of thiophene rings is 1. The normalized spacial score (nSPS) is 14.5. The van der Waals surface area contributed by atoms with Crippen LogP contribution in [0.3, 0.4) is 0 Å². The average Bonchev–Trinajstić information content (AvgIpc) is 3.32. The number of primary amides is 1. The van der Waals surface area contributed by atoms with E-state index in [1.807, 2.05) is 33.0 Å². The lowest BCUT2D eigenvalue weighted by Gasteiger charge is -2.32. The van der Waals surface area contributed by atoms with E-state index in [1.165, 1.54) is 0 Å². The summed E-state index contributed by atoms with van der Waals surface area (Å²) in [5.74, 6) is 0.614. The molecule has 30 heavy (non-hydrogen) atoms. The molecule has 10 heteroatoms. The van der Waals surface area contributed by atoms with E-state index in [0.717, 1.165) is 26.8 Å². The molecule has 1 atom stereocenters. The van der Waals surface area contributed by atoms with Gasteiger partial charge in [-0.3, -0.25) is 14.3 Å². The molecule has 0 bridgehead atoms. The van der Waals surface area contributed by atoms with Gasteiger partial charge in [-0.05, 0) is 25.0 Å². The van der Waals surface area contributed by atoms with Crippen LogP contribution >= 0.6 is 11.3 Å². The van der Waals surface area contributed by atoms with Crippen molar-refractivity contribution in [2.75, 3.05) is 11.9 Å². The van der Waals surface area contributed by atoms with E-state index in [-0.39, 0.29) is 5.91 Å². The first-order chi connectivity index (χ1) is 14.4. The van der Waals surface area contributed by atoms with Gasteiger partial charge in [0.1, 0.15) is 11.9 Å². The number of aromatic nitrogens is 4. The number of nitrogens with two attached hydrogens (primary N) is 1. The first-order valence-corrected chi connectivity index (χ1v) is 10.5. The molecule has 0 aliphatic carbocycles. The fraction of sp³-hybridized carbons (Fsp3) is 0.350. The molecule has 3 aromatic rings. The van der Waals surface area contributed by atoms with Gasteiger partial charge < -0.3 is 16.0 Å². The predicted molar refractivity (Wildman–Crippen MR) is 115 cm³/mol. The number of hydrogen-bond acceptors (Lipinski definition) is 7. The summed E-state index contributed by atoms with van der Waals surface area (Å²) in [5, 5.41) is 7.29. The third-order valence-electron chi connectivity index (χ3n) is 5.24. The van der Waals surface area contributed by atoms with Crippen LogP contribution in [0.1, 0.15) is 34.1 Å². The zero-order chi connectivity index (χ0) is 21.4. The summed E-state index contributed by atoms with van der Waals surface area (Å²) in [6, 6.07) is 3.12. The fourth-order valence-electron chi connectivity index (χ4n) is 3.63. The fourth-order valence-corrected chi connectivity index (χ4v) is 4.82. The number of nitrogens with one attached hydrogen (secondary N) is 1. The smallest absolute Gasteiger partial charge is 0.255 e. The van der Waals surface area contributed by atoms with E-state index >= 15 is 0 Å². The van der Waals surface area contributed by atoms with Gasteiger partial charge in [0.05, 0.1) is 22.3 Å². The van der Waals surface area contributed by atoms with Crippen LogP contribution < -0.4 is 11.1 Å². The third-order valence-corrected chi connectivity index (χ3v) is 6.44. The van der Waals surface area contributed by atoms with E-state index in [9.17, 15) is 9.59 Å². The second kappa shape index (κ2) is 7.86. The number of aryl methyl sites for hydroxylation is 2. The molecule has 0 fully saturated rings. The minimum absolute atomic E-state index is 0.149. The molecule has 0 aromatic carbocycles. The SMILES string of the molecule is CCC(C(N)=O)N1CCc2sc(-c3nc(Nc4ccnn4C)ncc3C)cc2C1=O. The van der Waals surface area contributed by atoms with Gasteiger partial charge in [-0.2, -0.15) is 5.10 Å². The molecular formula is C20H23N7O2S. The summed E-state index contributed by atoms with van der Waals surface area (Å²) in [5.41, 5.74) is 7.81. The van der Waals surface area contributed by atoms with Crippen molar-refractivity contribution < 1.29 is 9.59 Å². The molecule has 3 aromatic heterocycles. The number of anilines is 2. The zero-order valence-corrected chi connectivity index (χ0v) is 17.9. The highest BCUT2D eigenvalue weighted by atomic mass is 32.1. The Morgan fingerprint density at radius 2 is 2.23 bits per heavy atom. The molecule has 156 valence electrons. The monoisotopic (exact) mass is 425 g/mol. The van der Waals surface area contributed by atoms with E-state index in [4.69, 9.17) is 5.73 Å². The van der Waals surface area contributed by atoms with Gasteiger partial charge >= 0.3 is 0 Å². The van der Waals surface area contributed by atoms with Crippen LogP contribution in [0.15, 0.2) is 24.5 Å². The van der Waals surface area contributed by atoms with E-state index < -0.39 is 11.9 Å². The van der Waals surface area contributed by atoms with Crippen molar-refractivity contribution in [3.8, 4) is 10.6 Å². The summed E-state index contributed by atoms with van der Waals surface area (Å²) >= 11 is 1.56. The maximum absolute atomic E-state index is 13.0. The first kappa shape index (κ1) is 20.0. The molecule has 3 N–H and O–H groups in total. The minimum Gasteiger partial charge on any atom is -0.368 e. The summed E-state index contributed by atoms with van der Waals surface area (Å²) in [6.45, 7) is 4.29. The highest BCUT2D eigenvalue weighted by Gasteiger charge is 2.33. The number of carbonyl (C=O) groups is 2. The van der Waals surface area contributed by atoms with Gasteiger partial charge in [0.15, 0.2) is 0 Å². The van der Waals surface area contributed by atoms with Crippen LogP contribution in [0.5, 0.6) is 0 Å². The van der Waals surface area contributed by atoms with Crippen molar-refractivity contribution in [1.82, 2.24) is 24.6 Å². The van der Waals surface area contributed by atoms with Gasteiger partial charge in [-0.1, -0.05) is 6.92 Å². The zero-order valence-electron chi connectivity index (χ0n) is 17.0. The molecule has 2 amide bonds. The summed E-state index contributed by atoms with van der Waals surface area (Å²) in [6.07, 6.45) is 4.65. The standard InChI is InChI=1S/C20H23N7O2S/c1-4-13(18(21)28)27-8-6-14-12(19(27)29)9-15(30-14)17-11(2)10-22-20(25-17)24-16-5-7-23-26(16)3/h5,7,9-10,13H,4,6,8H2,1-3H3,(H2,21,28)(H,22,24,25). The topological polar surface area (TPSA) is 119 Å². The Bertz CT molecular complexity index is 1120. The Balaban J connectivity index is 1.66. The van der Waals surface area contributed by atoms with E-state index in [0.29, 0.717) is 30.9 Å². The van der Waals surface area contributed by atoms with Gasteiger partial charge in [0.2, 0.25) is 11.9 Å². The van der Waals surface area contributed by atoms with Crippen molar-refractivity contribution >= 4 is 34.9 Å². The molecule has 4 rings (SSSR count). The Hall–Kier alpha value is -3.27.